The molecule has 1 saturated heterocycles. The first kappa shape index (κ1) is 16.5. The van der Waals surface area contributed by atoms with Crippen molar-refractivity contribution in [3.05, 3.63) is 29.3 Å². The van der Waals surface area contributed by atoms with E-state index in [0.717, 1.165) is 31.2 Å². The summed E-state index contributed by atoms with van der Waals surface area (Å²) in [5.41, 5.74) is 2.41. The molecule has 1 amide bonds. The number of fused-ring (bicyclic) bond motifs is 1. The summed E-state index contributed by atoms with van der Waals surface area (Å²) in [4.78, 5) is 14.1. The lowest BCUT2D eigenvalue weighted by molar-refractivity contribution is -0.132. The Hall–Kier alpha value is -1.40. The molecule has 126 valence electrons. The van der Waals surface area contributed by atoms with Crippen molar-refractivity contribution >= 4 is 15.9 Å². The number of likely N-dealkylation sites (N-methyl/N-ethyl adjacent to an activating group) is 1. The largest absolute Gasteiger partial charge is 0.347 e. The second-order valence-corrected chi connectivity index (χ2v) is 8.53. The van der Waals surface area contributed by atoms with Crippen LogP contribution in [0.1, 0.15) is 36.8 Å². The van der Waals surface area contributed by atoms with Gasteiger partial charge in [-0.2, -0.15) is 4.31 Å². The molecule has 1 aliphatic heterocycles. The van der Waals surface area contributed by atoms with Crippen LogP contribution in [0.25, 0.3) is 0 Å². The van der Waals surface area contributed by atoms with Crippen LogP contribution < -0.4 is 0 Å². The maximum Gasteiger partial charge on any atom is 0.243 e. The van der Waals surface area contributed by atoms with Crippen LogP contribution in [-0.4, -0.2) is 50.2 Å². The molecule has 1 fully saturated rings. The lowest BCUT2D eigenvalue weighted by Crippen LogP contribution is -2.45. The molecule has 1 aromatic rings. The van der Waals surface area contributed by atoms with E-state index >= 15 is 0 Å². The first-order chi connectivity index (χ1) is 10.9. The van der Waals surface area contributed by atoms with Crippen LogP contribution >= 0.6 is 0 Å². The van der Waals surface area contributed by atoms with Gasteiger partial charge in [0, 0.05) is 20.6 Å². The number of rotatable bonds is 3. The van der Waals surface area contributed by atoms with Crippen molar-refractivity contribution in [2.24, 2.45) is 0 Å². The van der Waals surface area contributed by atoms with Crippen LogP contribution in [0.4, 0.5) is 0 Å². The smallest absolute Gasteiger partial charge is 0.243 e. The van der Waals surface area contributed by atoms with Crippen molar-refractivity contribution in [3.63, 3.8) is 0 Å². The third-order valence-corrected chi connectivity index (χ3v) is 6.76. The lowest BCUT2D eigenvalue weighted by Gasteiger charge is -2.26. The Morgan fingerprint density at radius 3 is 2.52 bits per heavy atom. The molecule has 0 saturated carbocycles. The van der Waals surface area contributed by atoms with Crippen LogP contribution in [0.2, 0.25) is 0 Å². The summed E-state index contributed by atoms with van der Waals surface area (Å²) in [6.45, 7) is 0.420. The Bertz CT molecular complexity index is 713. The summed E-state index contributed by atoms with van der Waals surface area (Å²) in [6.07, 6.45) is 5.59. The van der Waals surface area contributed by atoms with Crippen molar-refractivity contribution in [2.45, 2.75) is 49.5 Å². The Morgan fingerprint density at radius 1 is 1.13 bits per heavy atom. The van der Waals surface area contributed by atoms with E-state index in [1.807, 2.05) is 12.1 Å². The zero-order valence-corrected chi connectivity index (χ0v) is 14.6. The molecule has 3 rings (SSSR count). The van der Waals surface area contributed by atoms with Crippen molar-refractivity contribution < 1.29 is 13.2 Å². The van der Waals surface area contributed by atoms with Crippen molar-refractivity contribution in [3.8, 4) is 0 Å². The molecule has 1 atom stereocenters. The first-order valence-electron chi connectivity index (χ1n) is 8.26. The Kier molecular flexibility index (Phi) is 4.47. The van der Waals surface area contributed by atoms with E-state index in [-0.39, 0.29) is 5.91 Å². The molecule has 0 aromatic heterocycles. The van der Waals surface area contributed by atoms with Gasteiger partial charge in [0.2, 0.25) is 15.9 Å². The van der Waals surface area contributed by atoms with Crippen LogP contribution in [0.5, 0.6) is 0 Å². The molecular weight excluding hydrogens is 312 g/mol. The van der Waals surface area contributed by atoms with E-state index in [1.165, 1.54) is 21.2 Å². The van der Waals surface area contributed by atoms with Gasteiger partial charge < -0.3 is 4.90 Å². The van der Waals surface area contributed by atoms with Gasteiger partial charge in [-0.15, -0.1) is 0 Å². The predicted octanol–water partition coefficient (Wildman–Crippen LogP) is 1.81. The molecule has 1 aliphatic carbocycles. The molecule has 0 spiro atoms. The fourth-order valence-corrected chi connectivity index (χ4v) is 5.28. The number of hydrogen-bond donors (Lipinski definition) is 0. The normalized spacial score (nSPS) is 21.9. The van der Waals surface area contributed by atoms with Gasteiger partial charge in [0.1, 0.15) is 6.04 Å². The van der Waals surface area contributed by atoms with Crippen molar-refractivity contribution in [1.29, 1.82) is 0 Å². The molecular formula is C17H24N2O3S. The SMILES string of the molecule is CN(C)C(=O)[C@H]1CCCN1S(=O)(=O)c1ccc2c(c1)CCCC2. The number of sulfonamides is 1. The fraction of sp³-hybridized carbons (Fsp3) is 0.588. The lowest BCUT2D eigenvalue weighted by atomic mass is 9.92. The number of carbonyl (C=O) groups is 1. The zero-order valence-electron chi connectivity index (χ0n) is 13.8. The van der Waals surface area contributed by atoms with Crippen molar-refractivity contribution in [1.82, 2.24) is 9.21 Å². The van der Waals surface area contributed by atoms with Gasteiger partial charge in [-0.25, -0.2) is 8.42 Å². The fourth-order valence-electron chi connectivity index (χ4n) is 3.58. The minimum absolute atomic E-state index is 0.135. The second kappa shape index (κ2) is 6.24. The van der Waals surface area contributed by atoms with Crippen molar-refractivity contribution in [2.75, 3.05) is 20.6 Å². The topological polar surface area (TPSA) is 57.7 Å². The van der Waals surface area contributed by atoms with Crippen LogP contribution in [0, 0.1) is 0 Å². The predicted molar refractivity (Wildman–Crippen MR) is 88.7 cm³/mol. The average molecular weight is 336 g/mol. The molecule has 6 heteroatoms. The monoisotopic (exact) mass is 336 g/mol. The summed E-state index contributed by atoms with van der Waals surface area (Å²) >= 11 is 0. The Labute approximate surface area is 138 Å². The van der Waals surface area contributed by atoms with Crippen LogP contribution in [0.15, 0.2) is 23.1 Å². The summed E-state index contributed by atoms with van der Waals surface area (Å²) in [5.74, 6) is -0.135. The van der Waals surface area contributed by atoms with Crippen LogP contribution in [-0.2, 0) is 27.7 Å². The Balaban J connectivity index is 1.93. The molecule has 1 aromatic carbocycles. The van der Waals surface area contributed by atoms with E-state index in [9.17, 15) is 13.2 Å². The highest BCUT2D eigenvalue weighted by atomic mass is 32.2. The highest BCUT2D eigenvalue weighted by molar-refractivity contribution is 7.89. The van der Waals surface area contributed by atoms with Gasteiger partial charge in [-0.3, -0.25) is 4.79 Å². The minimum Gasteiger partial charge on any atom is -0.347 e. The zero-order chi connectivity index (χ0) is 16.6. The number of hydrogen-bond acceptors (Lipinski definition) is 3. The van der Waals surface area contributed by atoms with Gasteiger partial charge in [-0.05, 0) is 61.8 Å². The molecule has 5 nitrogen and oxygen atoms in total. The first-order valence-corrected chi connectivity index (χ1v) is 9.70. The average Bonchev–Trinajstić information content (AvgIpc) is 3.03. The summed E-state index contributed by atoms with van der Waals surface area (Å²) in [6, 6.07) is 4.90. The molecule has 2 aliphatic rings. The summed E-state index contributed by atoms with van der Waals surface area (Å²) in [7, 11) is -0.272. The highest BCUT2D eigenvalue weighted by Gasteiger charge is 2.40. The highest BCUT2D eigenvalue weighted by Crippen LogP contribution is 2.30. The maximum absolute atomic E-state index is 13.0. The molecule has 23 heavy (non-hydrogen) atoms. The number of benzene rings is 1. The van der Waals surface area contributed by atoms with E-state index < -0.39 is 16.1 Å². The third-order valence-electron chi connectivity index (χ3n) is 4.86. The van der Waals surface area contributed by atoms with Gasteiger partial charge in [0.15, 0.2) is 0 Å². The maximum atomic E-state index is 13.0. The summed E-state index contributed by atoms with van der Waals surface area (Å²) in [5, 5.41) is 0. The quantitative estimate of drug-likeness (QED) is 0.846. The number of aryl methyl sites for hydroxylation is 2. The molecule has 0 N–H and O–H groups in total. The Morgan fingerprint density at radius 2 is 1.83 bits per heavy atom. The molecule has 0 bridgehead atoms. The standard InChI is InChI=1S/C17H24N2O3S/c1-18(2)17(20)16-8-5-11-19(16)23(21,22)15-10-9-13-6-3-4-7-14(13)12-15/h9-10,12,16H,3-8,11H2,1-2H3/t16-/m1/s1. The van der Waals surface area contributed by atoms with Gasteiger partial charge in [0.05, 0.1) is 4.90 Å². The molecule has 1 heterocycles. The number of nitrogens with zero attached hydrogens (tertiary/aromatic N) is 2. The van der Waals surface area contributed by atoms with Gasteiger partial charge in [0.25, 0.3) is 0 Å². The van der Waals surface area contributed by atoms with Gasteiger partial charge >= 0.3 is 0 Å². The second-order valence-electron chi connectivity index (χ2n) is 6.64. The van der Waals surface area contributed by atoms with E-state index in [4.69, 9.17) is 0 Å². The van der Waals surface area contributed by atoms with E-state index in [1.54, 1.807) is 20.2 Å². The van der Waals surface area contributed by atoms with E-state index in [0.29, 0.717) is 17.9 Å². The summed E-state index contributed by atoms with van der Waals surface area (Å²) < 4.78 is 27.4. The van der Waals surface area contributed by atoms with E-state index in [2.05, 4.69) is 0 Å². The molecule has 0 radical (unpaired) electrons. The van der Waals surface area contributed by atoms with Crippen LogP contribution in [0.3, 0.4) is 0 Å². The molecule has 0 unspecified atom stereocenters. The van der Waals surface area contributed by atoms with Gasteiger partial charge in [-0.1, -0.05) is 6.07 Å². The number of amides is 1. The number of carbonyl (C=O) groups excluding carboxylic acids is 1. The minimum atomic E-state index is -3.61. The third kappa shape index (κ3) is 3.02.